The van der Waals surface area contributed by atoms with Crippen molar-refractivity contribution in [3.05, 3.63) is 33.9 Å². The van der Waals surface area contributed by atoms with Gasteiger partial charge >= 0.3 is 0 Å². The number of fused-ring (bicyclic) bond motifs is 1. The lowest BCUT2D eigenvalue weighted by atomic mass is 9.85. The van der Waals surface area contributed by atoms with Gasteiger partial charge in [0, 0.05) is 18.0 Å². The minimum Gasteiger partial charge on any atom is -0.369 e. The Morgan fingerprint density at radius 3 is 2.41 bits per heavy atom. The minimum absolute atomic E-state index is 0.0606. The number of nitriles is 1. The van der Waals surface area contributed by atoms with E-state index in [0.717, 1.165) is 25.7 Å². The highest BCUT2D eigenvalue weighted by Crippen LogP contribution is 2.39. The van der Waals surface area contributed by atoms with Gasteiger partial charge in [-0.05, 0) is 57.1 Å². The Kier molecular flexibility index (Phi) is 6.19. The van der Waals surface area contributed by atoms with E-state index in [9.17, 15) is 10.1 Å². The van der Waals surface area contributed by atoms with Crippen molar-refractivity contribution in [1.29, 1.82) is 5.26 Å². The average Bonchev–Trinajstić information content (AvgIpc) is 3.15. The van der Waals surface area contributed by atoms with Gasteiger partial charge in [-0.15, -0.1) is 0 Å². The molecule has 2 aliphatic carbocycles. The van der Waals surface area contributed by atoms with Crippen molar-refractivity contribution < 1.29 is 4.79 Å². The van der Waals surface area contributed by atoms with Crippen molar-refractivity contribution in [3.8, 4) is 6.07 Å². The number of hydrogen-bond acceptors (Lipinski definition) is 7. The molecule has 2 aliphatic rings. The number of nitrogens with one attached hydrogen (secondary N) is 2. The van der Waals surface area contributed by atoms with Crippen LogP contribution in [0.3, 0.4) is 0 Å². The van der Waals surface area contributed by atoms with Gasteiger partial charge in [0.1, 0.15) is 5.52 Å². The molecule has 2 aromatic heterocycles. The molecule has 3 aromatic rings. The van der Waals surface area contributed by atoms with E-state index in [4.69, 9.17) is 38.9 Å². The van der Waals surface area contributed by atoms with Crippen LogP contribution in [0.2, 0.25) is 10.0 Å². The van der Waals surface area contributed by atoms with Crippen LogP contribution in [-0.4, -0.2) is 31.5 Å². The molecular weight excluding hydrogens is 475 g/mol. The Bertz CT molecular complexity index is 1270. The van der Waals surface area contributed by atoms with Crippen molar-refractivity contribution in [1.82, 2.24) is 19.5 Å². The third kappa shape index (κ3) is 4.36. The molecule has 1 amide bonds. The van der Waals surface area contributed by atoms with Gasteiger partial charge in [0.15, 0.2) is 5.65 Å². The lowest BCUT2D eigenvalue weighted by Crippen LogP contribution is -2.29. The molecular formula is C23H24Cl2N8O. The van der Waals surface area contributed by atoms with E-state index >= 15 is 0 Å². The van der Waals surface area contributed by atoms with Crippen LogP contribution in [-0.2, 0) is 4.79 Å². The van der Waals surface area contributed by atoms with Gasteiger partial charge in [-0.3, -0.25) is 9.36 Å². The van der Waals surface area contributed by atoms with Gasteiger partial charge in [-0.2, -0.15) is 10.2 Å². The van der Waals surface area contributed by atoms with E-state index in [0.29, 0.717) is 63.2 Å². The summed E-state index contributed by atoms with van der Waals surface area (Å²) in [4.78, 5) is 25.7. The molecule has 1 aromatic carbocycles. The fourth-order valence-corrected chi connectivity index (χ4v) is 5.20. The quantitative estimate of drug-likeness (QED) is 0.438. The van der Waals surface area contributed by atoms with E-state index in [-0.39, 0.29) is 17.9 Å². The highest BCUT2D eigenvalue weighted by Gasteiger charge is 2.29. The molecule has 0 unspecified atom stereocenters. The van der Waals surface area contributed by atoms with Crippen LogP contribution in [0.1, 0.15) is 56.6 Å². The van der Waals surface area contributed by atoms with Gasteiger partial charge in [0.2, 0.25) is 17.8 Å². The van der Waals surface area contributed by atoms with E-state index in [2.05, 4.69) is 15.6 Å². The van der Waals surface area contributed by atoms with E-state index in [1.165, 1.54) is 6.42 Å². The molecule has 2 heterocycles. The summed E-state index contributed by atoms with van der Waals surface area (Å²) in [6.45, 7) is 0. The standard InChI is InChI=1S/C23H24Cl2N8O/c24-16-8-12(10-26)9-17(25)19(16)31-23-30-18-11-28-22(29-14-2-1-3-14)32-21(18)33(23)15-6-4-13(5-7-15)20(27)34/h8-9,11,13-15H,1-7H2,(H2,27,34)(H,30,31)(H,28,29,32)/t13-,15+. The molecule has 0 saturated heterocycles. The maximum atomic E-state index is 11.7. The van der Waals surface area contributed by atoms with E-state index in [1.54, 1.807) is 18.3 Å². The second kappa shape index (κ2) is 9.28. The zero-order valence-corrected chi connectivity index (χ0v) is 19.9. The van der Waals surface area contributed by atoms with Gasteiger partial charge in [0.25, 0.3) is 0 Å². The third-order valence-electron chi connectivity index (χ3n) is 6.74. The van der Waals surface area contributed by atoms with Crippen LogP contribution in [0.5, 0.6) is 0 Å². The number of nitrogens with zero attached hydrogens (tertiary/aromatic N) is 5. The summed E-state index contributed by atoms with van der Waals surface area (Å²) in [5.74, 6) is 0.736. The highest BCUT2D eigenvalue weighted by atomic mass is 35.5. The number of carbonyl (C=O) groups excluding carboxylic acids is 1. The second-order valence-electron chi connectivity index (χ2n) is 8.94. The molecule has 11 heteroatoms. The van der Waals surface area contributed by atoms with Crippen molar-refractivity contribution in [2.45, 2.75) is 57.0 Å². The first kappa shape index (κ1) is 22.7. The molecule has 0 radical (unpaired) electrons. The number of benzene rings is 1. The van der Waals surface area contributed by atoms with Crippen LogP contribution in [0.4, 0.5) is 17.6 Å². The molecule has 0 spiro atoms. The lowest BCUT2D eigenvalue weighted by Gasteiger charge is -2.29. The maximum absolute atomic E-state index is 11.7. The summed E-state index contributed by atoms with van der Waals surface area (Å²) in [5, 5.41) is 16.5. The number of anilines is 3. The predicted molar refractivity (Wildman–Crippen MR) is 131 cm³/mol. The molecule has 9 nitrogen and oxygen atoms in total. The number of aromatic nitrogens is 4. The fraction of sp³-hybridized carbons (Fsp3) is 0.435. The number of amides is 1. The Hall–Kier alpha value is -3.09. The van der Waals surface area contributed by atoms with Crippen molar-refractivity contribution in [2.75, 3.05) is 10.6 Å². The summed E-state index contributed by atoms with van der Waals surface area (Å²) in [6, 6.07) is 5.62. The predicted octanol–water partition coefficient (Wildman–Crippen LogP) is 4.93. The van der Waals surface area contributed by atoms with Gasteiger partial charge in [0.05, 0.1) is 33.6 Å². The zero-order chi connectivity index (χ0) is 23.8. The molecule has 34 heavy (non-hydrogen) atoms. The van der Waals surface area contributed by atoms with Crippen LogP contribution in [0, 0.1) is 17.2 Å². The number of primary amides is 1. The van der Waals surface area contributed by atoms with E-state index < -0.39 is 0 Å². The molecule has 176 valence electrons. The van der Waals surface area contributed by atoms with Crippen LogP contribution in [0.15, 0.2) is 18.3 Å². The molecule has 4 N–H and O–H groups in total. The Morgan fingerprint density at radius 1 is 1.12 bits per heavy atom. The Labute approximate surface area is 206 Å². The minimum atomic E-state index is -0.252. The normalized spacial score (nSPS) is 20.5. The third-order valence-corrected chi connectivity index (χ3v) is 7.34. The molecule has 0 aliphatic heterocycles. The highest BCUT2D eigenvalue weighted by molar-refractivity contribution is 6.39. The van der Waals surface area contributed by atoms with Gasteiger partial charge in [-0.25, -0.2) is 9.97 Å². The Balaban J connectivity index is 1.54. The first-order chi connectivity index (χ1) is 16.4. The van der Waals surface area contributed by atoms with Crippen molar-refractivity contribution >= 4 is 57.9 Å². The van der Waals surface area contributed by atoms with Crippen LogP contribution >= 0.6 is 23.2 Å². The summed E-state index contributed by atoms with van der Waals surface area (Å²) in [5.41, 5.74) is 7.71. The first-order valence-electron chi connectivity index (χ1n) is 11.4. The monoisotopic (exact) mass is 498 g/mol. The summed E-state index contributed by atoms with van der Waals surface area (Å²) in [6.07, 6.45) is 8.07. The number of nitrogens with two attached hydrogens (primary N) is 1. The zero-order valence-electron chi connectivity index (χ0n) is 18.4. The second-order valence-corrected chi connectivity index (χ2v) is 9.75. The number of halogens is 2. The first-order valence-corrected chi connectivity index (χ1v) is 12.2. The lowest BCUT2D eigenvalue weighted by molar-refractivity contribution is -0.122. The van der Waals surface area contributed by atoms with Gasteiger partial charge in [-0.1, -0.05) is 23.2 Å². The number of rotatable bonds is 6. The summed E-state index contributed by atoms with van der Waals surface area (Å²) < 4.78 is 2.05. The largest absolute Gasteiger partial charge is 0.369 e. The SMILES string of the molecule is N#Cc1cc(Cl)c(Nc2nc3cnc(NC4CCC4)nc3n2[C@H]2CC[C@@H](C(N)=O)CC2)c(Cl)c1. The Morgan fingerprint density at radius 2 is 1.82 bits per heavy atom. The van der Waals surface area contributed by atoms with Gasteiger partial charge < -0.3 is 16.4 Å². The summed E-state index contributed by atoms with van der Waals surface area (Å²) in [7, 11) is 0. The van der Waals surface area contributed by atoms with Crippen LogP contribution < -0.4 is 16.4 Å². The average molecular weight is 499 g/mol. The smallest absolute Gasteiger partial charge is 0.224 e. The maximum Gasteiger partial charge on any atom is 0.224 e. The number of carbonyl (C=O) groups is 1. The molecule has 0 bridgehead atoms. The molecule has 2 fully saturated rings. The molecule has 2 saturated carbocycles. The summed E-state index contributed by atoms with van der Waals surface area (Å²) >= 11 is 12.9. The van der Waals surface area contributed by atoms with Crippen molar-refractivity contribution in [2.24, 2.45) is 11.7 Å². The number of imidazole rings is 1. The van der Waals surface area contributed by atoms with Crippen molar-refractivity contribution in [3.63, 3.8) is 0 Å². The topological polar surface area (TPSA) is 135 Å². The number of hydrogen-bond donors (Lipinski definition) is 3. The van der Waals surface area contributed by atoms with Crippen LogP contribution in [0.25, 0.3) is 11.2 Å². The molecule has 0 atom stereocenters. The van der Waals surface area contributed by atoms with E-state index in [1.807, 2.05) is 10.6 Å². The fourth-order valence-electron chi connectivity index (χ4n) is 4.62. The molecule has 5 rings (SSSR count).